The molecule has 27 heavy (non-hydrogen) atoms. The standard InChI is InChI=1S/C20H24FN3O3/c1-27-12-11-24-14-15(7-8-19(24)25)20(26)22-13-16-17(21)5-4-6-18(16)23-9-2-3-10-23/h4-8,14H,2-3,9-13H2,1H3,(H,22,26). The van der Waals surface area contributed by atoms with E-state index in [0.717, 1.165) is 31.6 Å². The Morgan fingerprint density at radius 1 is 1.22 bits per heavy atom. The monoisotopic (exact) mass is 373 g/mol. The maximum atomic E-state index is 14.4. The lowest BCUT2D eigenvalue weighted by Gasteiger charge is -2.22. The fraction of sp³-hybridized carbons (Fsp3) is 0.400. The number of halogens is 1. The van der Waals surface area contributed by atoms with Crippen molar-refractivity contribution < 1.29 is 13.9 Å². The average molecular weight is 373 g/mol. The lowest BCUT2D eigenvalue weighted by atomic mass is 10.1. The van der Waals surface area contributed by atoms with E-state index >= 15 is 0 Å². The van der Waals surface area contributed by atoms with Gasteiger partial charge in [-0.25, -0.2) is 4.39 Å². The Bertz CT molecular complexity index is 860. The molecule has 1 aromatic carbocycles. The summed E-state index contributed by atoms with van der Waals surface area (Å²) in [5.41, 5.74) is 1.47. The average Bonchev–Trinajstić information content (AvgIpc) is 3.20. The zero-order chi connectivity index (χ0) is 19.2. The van der Waals surface area contributed by atoms with Crippen molar-refractivity contribution >= 4 is 11.6 Å². The highest BCUT2D eigenvalue weighted by Crippen LogP contribution is 2.26. The first kappa shape index (κ1) is 19.1. The number of methoxy groups -OCH3 is 1. The first-order valence-corrected chi connectivity index (χ1v) is 9.10. The molecule has 7 heteroatoms. The minimum absolute atomic E-state index is 0.0918. The number of hydrogen-bond acceptors (Lipinski definition) is 4. The summed E-state index contributed by atoms with van der Waals surface area (Å²) < 4.78 is 20.8. The number of benzene rings is 1. The second-order valence-electron chi connectivity index (χ2n) is 6.56. The Labute approximate surface area is 157 Å². The van der Waals surface area contributed by atoms with Crippen LogP contribution in [0, 0.1) is 5.82 Å². The van der Waals surface area contributed by atoms with Crippen molar-refractivity contribution in [3.8, 4) is 0 Å². The molecule has 1 aliphatic rings. The van der Waals surface area contributed by atoms with Crippen molar-refractivity contribution in [3.05, 3.63) is 63.8 Å². The van der Waals surface area contributed by atoms with E-state index in [1.807, 2.05) is 6.07 Å². The van der Waals surface area contributed by atoms with Crippen LogP contribution in [0.25, 0.3) is 0 Å². The summed E-state index contributed by atoms with van der Waals surface area (Å²) in [7, 11) is 1.55. The molecule has 1 N–H and O–H groups in total. The van der Waals surface area contributed by atoms with Gasteiger partial charge >= 0.3 is 0 Å². The largest absolute Gasteiger partial charge is 0.383 e. The molecule has 1 saturated heterocycles. The van der Waals surface area contributed by atoms with Crippen LogP contribution in [0.15, 0.2) is 41.3 Å². The topological polar surface area (TPSA) is 63.6 Å². The van der Waals surface area contributed by atoms with Crippen LogP contribution in [0.2, 0.25) is 0 Å². The molecule has 0 spiro atoms. The number of hydrogen-bond donors (Lipinski definition) is 1. The first-order valence-electron chi connectivity index (χ1n) is 9.10. The van der Waals surface area contributed by atoms with Gasteiger partial charge in [0.15, 0.2) is 0 Å². The minimum atomic E-state index is -0.350. The second-order valence-corrected chi connectivity index (χ2v) is 6.56. The molecule has 1 fully saturated rings. The van der Waals surface area contributed by atoms with Gasteiger partial charge in [0.05, 0.1) is 12.2 Å². The molecule has 0 unspecified atom stereocenters. The van der Waals surface area contributed by atoms with Crippen LogP contribution >= 0.6 is 0 Å². The molecule has 3 rings (SSSR count). The highest BCUT2D eigenvalue weighted by Gasteiger charge is 2.19. The van der Waals surface area contributed by atoms with E-state index < -0.39 is 0 Å². The smallest absolute Gasteiger partial charge is 0.253 e. The van der Waals surface area contributed by atoms with Gasteiger partial charge in [0.25, 0.3) is 11.5 Å². The van der Waals surface area contributed by atoms with E-state index in [0.29, 0.717) is 24.3 Å². The SMILES string of the molecule is COCCn1cc(C(=O)NCc2c(F)cccc2N2CCCC2)ccc1=O. The lowest BCUT2D eigenvalue weighted by molar-refractivity contribution is 0.0949. The summed E-state index contributed by atoms with van der Waals surface area (Å²) in [5, 5.41) is 2.77. The third-order valence-electron chi connectivity index (χ3n) is 4.75. The summed E-state index contributed by atoms with van der Waals surface area (Å²) in [6, 6.07) is 7.82. The quantitative estimate of drug-likeness (QED) is 0.808. The van der Waals surface area contributed by atoms with E-state index in [-0.39, 0.29) is 23.8 Å². The van der Waals surface area contributed by atoms with Crippen molar-refractivity contribution in [1.82, 2.24) is 9.88 Å². The Hall–Kier alpha value is -2.67. The Balaban J connectivity index is 1.74. The molecule has 0 radical (unpaired) electrons. The van der Waals surface area contributed by atoms with E-state index in [9.17, 15) is 14.0 Å². The van der Waals surface area contributed by atoms with Crippen molar-refractivity contribution in [2.45, 2.75) is 25.9 Å². The number of carbonyl (C=O) groups excluding carboxylic acids is 1. The summed E-state index contributed by atoms with van der Waals surface area (Å²) >= 11 is 0. The molecule has 2 heterocycles. The van der Waals surface area contributed by atoms with E-state index in [4.69, 9.17) is 4.74 Å². The lowest BCUT2D eigenvalue weighted by Crippen LogP contribution is -2.28. The molecule has 0 atom stereocenters. The summed E-state index contributed by atoms with van der Waals surface area (Å²) in [6.07, 6.45) is 3.68. The number of amides is 1. The van der Waals surface area contributed by atoms with Gasteiger partial charge in [0.2, 0.25) is 0 Å². The van der Waals surface area contributed by atoms with Crippen LogP contribution in [0.1, 0.15) is 28.8 Å². The highest BCUT2D eigenvalue weighted by molar-refractivity contribution is 5.93. The Kier molecular flexibility index (Phi) is 6.24. The predicted molar refractivity (Wildman–Crippen MR) is 102 cm³/mol. The second kappa shape index (κ2) is 8.81. The van der Waals surface area contributed by atoms with Gasteiger partial charge in [-0.1, -0.05) is 6.07 Å². The molecule has 6 nitrogen and oxygen atoms in total. The van der Waals surface area contributed by atoms with E-state index in [2.05, 4.69) is 10.2 Å². The van der Waals surface area contributed by atoms with Crippen molar-refractivity contribution in [1.29, 1.82) is 0 Å². The molecule has 0 saturated carbocycles. The van der Waals surface area contributed by atoms with Crippen LogP contribution in [-0.4, -0.2) is 37.3 Å². The predicted octanol–water partition coefficient (Wildman–Crippen LogP) is 2.16. The van der Waals surface area contributed by atoms with Crippen LogP contribution in [-0.2, 0) is 17.8 Å². The number of aromatic nitrogens is 1. The first-order chi connectivity index (χ1) is 13.1. The van der Waals surface area contributed by atoms with Crippen LogP contribution < -0.4 is 15.8 Å². The molecule has 0 aliphatic carbocycles. The normalized spacial score (nSPS) is 13.8. The minimum Gasteiger partial charge on any atom is -0.383 e. The van der Waals surface area contributed by atoms with Gasteiger partial charge in [-0.05, 0) is 31.0 Å². The number of carbonyl (C=O) groups is 1. The molecular weight excluding hydrogens is 349 g/mol. The van der Waals surface area contributed by atoms with Gasteiger partial charge in [-0.3, -0.25) is 9.59 Å². The zero-order valence-corrected chi connectivity index (χ0v) is 15.4. The summed E-state index contributed by atoms with van der Waals surface area (Å²) in [6.45, 7) is 2.63. The fourth-order valence-electron chi connectivity index (χ4n) is 3.28. The van der Waals surface area contributed by atoms with Gasteiger partial charge < -0.3 is 19.5 Å². The molecular formula is C20H24FN3O3. The molecule has 1 aromatic heterocycles. The zero-order valence-electron chi connectivity index (χ0n) is 15.4. The van der Waals surface area contributed by atoms with Gasteiger partial charge in [0, 0.05) is 56.8 Å². The van der Waals surface area contributed by atoms with Gasteiger partial charge in [0.1, 0.15) is 5.82 Å². The van der Waals surface area contributed by atoms with E-state index in [1.54, 1.807) is 13.2 Å². The van der Waals surface area contributed by atoms with Gasteiger partial charge in [-0.2, -0.15) is 0 Å². The third-order valence-corrected chi connectivity index (χ3v) is 4.75. The molecule has 144 valence electrons. The van der Waals surface area contributed by atoms with Crippen molar-refractivity contribution in [2.24, 2.45) is 0 Å². The summed E-state index contributed by atoms with van der Waals surface area (Å²) in [4.78, 5) is 26.5. The number of nitrogens with one attached hydrogen (secondary N) is 1. The Morgan fingerprint density at radius 3 is 2.74 bits per heavy atom. The number of rotatable bonds is 7. The molecule has 1 amide bonds. The summed E-state index contributed by atoms with van der Waals surface area (Å²) in [5.74, 6) is -0.679. The van der Waals surface area contributed by atoms with Gasteiger partial charge in [-0.15, -0.1) is 0 Å². The number of pyridine rings is 1. The number of nitrogens with zero attached hydrogens (tertiary/aromatic N) is 2. The molecule has 1 aliphatic heterocycles. The number of ether oxygens (including phenoxy) is 1. The van der Waals surface area contributed by atoms with Crippen LogP contribution in [0.4, 0.5) is 10.1 Å². The highest BCUT2D eigenvalue weighted by atomic mass is 19.1. The van der Waals surface area contributed by atoms with Crippen LogP contribution in [0.5, 0.6) is 0 Å². The maximum Gasteiger partial charge on any atom is 0.253 e. The van der Waals surface area contributed by atoms with Crippen molar-refractivity contribution in [3.63, 3.8) is 0 Å². The van der Waals surface area contributed by atoms with Crippen LogP contribution in [0.3, 0.4) is 0 Å². The molecule has 0 bridgehead atoms. The fourth-order valence-corrected chi connectivity index (χ4v) is 3.28. The third kappa shape index (κ3) is 4.54. The Morgan fingerprint density at radius 2 is 2.00 bits per heavy atom. The van der Waals surface area contributed by atoms with E-state index in [1.165, 1.54) is 29.0 Å². The molecule has 2 aromatic rings. The number of anilines is 1. The maximum absolute atomic E-state index is 14.4. The van der Waals surface area contributed by atoms with Crippen molar-refractivity contribution in [2.75, 3.05) is 31.7 Å².